The molecule has 17 heavy (non-hydrogen) atoms. The van der Waals surface area contributed by atoms with Gasteiger partial charge >= 0.3 is 0 Å². The summed E-state index contributed by atoms with van der Waals surface area (Å²) in [7, 11) is 0. The highest BCUT2D eigenvalue weighted by molar-refractivity contribution is 9.10. The Hall–Kier alpha value is -1.43. The Bertz CT molecular complexity index is 466. The van der Waals surface area contributed by atoms with E-state index in [-0.39, 0.29) is 17.3 Å². The Kier molecular flexibility index (Phi) is 3.87. The maximum absolute atomic E-state index is 11.7. The van der Waals surface area contributed by atoms with Crippen molar-refractivity contribution in [1.29, 1.82) is 0 Å². The second kappa shape index (κ2) is 4.83. The van der Waals surface area contributed by atoms with Gasteiger partial charge in [0.15, 0.2) is 0 Å². The molecule has 0 atom stereocenters. The Morgan fingerprint density at radius 3 is 2.47 bits per heavy atom. The summed E-state index contributed by atoms with van der Waals surface area (Å²) in [5, 5.41) is 13.4. The molecule has 0 bridgehead atoms. The molecule has 0 aliphatic heterocycles. The van der Waals surface area contributed by atoms with Crippen LogP contribution in [0.1, 0.15) is 20.8 Å². The zero-order chi connectivity index (χ0) is 13.2. The summed E-state index contributed by atoms with van der Waals surface area (Å²) in [5.74, 6) is -0.261. The summed E-state index contributed by atoms with van der Waals surface area (Å²) in [6, 6.07) is 4.51. The Balaban J connectivity index is 3.07. The summed E-state index contributed by atoms with van der Waals surface area (Å²) in [6.45, 7) is 5.23. The SMILES string of the molecule is CC(C)(C)C(=O)Nc1ccc(Br)cc1[N+](=O)[O-]. The van der Waals surface area contributed by atoms with Crippen LogP contribution in [-0.2, 0) is 4.79 Å². The third kappa shape index (κ3) is 3.52. The van der Waals surface area contributed by atoms with Gasteiger partial charge in [-0.25, -0.2) is 0 Å². The van der Waals surface area contributed by atoms with Crippen LogP contribution in [0.3, 0.4) is 0 Å². The monoisotopic (exact) mass is 300 g/mol. The van der Waals surface area contributed by atoms with E-state index in [0.717, 1.165) is 0 Å². The minimum atomic E-state index is -0.596. The molecule has 1 aromatic rings. The Morgan fingerprint density at radius 2 is 2.00 bits per heavy atom. The number of nitrogens with one attached hydrogen (secondary N) is 1. The van der Waals surface area contributed by atoms with E-state index < -0.39 is 10.3 Å². The molecule has 1 N–H and O–H groups in total. The number of halogens is 1. The second-order valence-electron chi connectivity index (χ2n) is 4.62. The van der Waals surface area contributed by atoms with Crippen molar-refractivity contribution in [2.24, 2.45) is 5.41 Å². The van der Waals surface area contributed by atoms with Gasteiger partial charge in [-0.2, -0.15) is 0 Å². The van der Waals surface area contributed by atoms with E-state index in [9.17, 15) is 14.9 Å². The summed E-state index contributed by atoms with van der Waals surface area (Å²) in [4.78, 5) is 22.1. The second-order valence-corrected chi connectivity index (χ2v) is 5.54. The molecule has 1 amide bonds. The average Bonchev–Trinajstić information content (AvgIpc) is 2.18. The number of amides is 1. The van der Waals surface area contributed by atoms with Gasteiger partial charge < -0.3 is 5.32 Å². The minimum absolute atomic E-state index is 0.128. The Morgan fingerprint density at radius 1 is 1.41 bits per heavy atom. The van der Waals surface area contributed by atoms with Gasteiger partial charge in [0.05, 0.1) is 4.92 Å². The lowest BCUT2D eigenvalue weighted by Crippen LogP contribution is -2.27. The molecule has 0 spiro atoms. The molecular weight excluding hydrogens is 288 g/mol. The summed E-state index contributed by atoms with van der Waals surface area (Å²) in [5.41, 5.74) is -0.517. The first-order valence-corrected chi connectivity index (χ1v) is 5.76. The average molecular weight is 301 g/mol. The highest BCUT2D eigenvalue weighted by Crippen LogP contribution is 2.29. The van der Waals surface area contributed by atoms with Crippen molar-refractivity contribution in [3.05, 3.63) is 32.8 Å². The van der Waals surface area contributed by atoms with Gasteiger partial charge in [0.1, 0.15) is 5.69 Å². The van der Waals surface area contributed by atoms with Crippen molar-refractivity contribution in [3.63, 3.8) is 0 Å². The molecule has 5 nitrogen and oxygen atoms in total. The molecule has 0 aromatic heterocycles. The van der Waals surface area contributed by atoms with Crippen LogP contribution in [-0.4, -0.2) is 10.8 Å². The number of nitro groups is 1. The molecule has 0 saturated heterocycles. The van der Waals surface area contributed by atoms with Crippen molar-refractivity contribution < 1.29 is 9.72 Å². The number of anilines is 1. The Labute approximate surface area is 107 Å². The van der Waals surface area contributed by atoms with Gasteiger partial charge in [-0.3, -0.25) is 14.9 Å². The number of rotatable bonds is 2. The fourth-order valence-electron chi connectivity index (χ4n) is 1.07. The quantitative estimate of drug-likeness (QED) is 0.672. The highest BCUT2D eigenvalue weighted by atomic mass is 79.9. The number of nitrogens with zero attached hydrogens (tertiary/aromatic N) is 1. The molecule has 0 saturated carbocycles. The lowest BCUT2D eigenvalue weighted by molar-refractivity contribution is -0.384. The largest absolute Gasteiger partial charge is 0.320 e. The lowest BCUT2D eigenvalue weighted by atomic mass is 9.95. The van der Waals surface area contributed by atoms with Gasteiger partial charge in [0.2, 0.25) is 5.91 Å². The molecule has 1 rings (SSSR count). The number of carbonyl (C=O) groups excluding carboxylic acids is 1. The van der Waals surface area contributed by atoms with Crippen molar-refractivity contribution in [3.8, 4) is 0 Å². The van der Waals surface area contributed by atoms with E-state index in [4.69, 9.17) is 0 Å². The minimum Gasteiger partial charge on any atom is -0.320 e. The van der Waals surface area contributed by atoms with E-state index in [1.54, 1.807) is 26.8 Å². The maximum atomic E-state index is 11.7. The van der Waals surface area contributed by atoms with Crippen molar-refractivity contribution in [1.82, 2.24) is 0 Å². The van der Waals surface area contributed by atoms with Gasteiger partial charge in [0, 0.05) is 16.0 Å². The standard InChI is InChI=1S/C11H13BrN2O3/c1-11(2,3)10(15)13-8-5-4-7(12)6-9(8)14(16)17/h4-6H,1-3H3,(H,13,15). The number of nitro benzene ring substituents is 1. The molecule has 92 valence electrons. The maximum Gasteiger partial charge on any atom is 0.293 e. The topological polar surface area (TPSA) is 72.2 Å². The number of hydrogen-bond donors (Lipinski definition) is 1. The fourth-order valence-corrected chi connectivity index (χ4v) is 1.42. The first-order chi connectivity index (χ1) is 7.71. The van der Waals surface area contributed by atoms with Crippen LogP contribution in [0.4, 0.5) is 11.4 Å². The van der Waals surface area contributed by atoms with E-state index in [1.807, 2.05) is 0 Å². The fraction of sp³-hybridized carbons (Fsp3) is 0.364. The van der Waals surface area contributed by atoms with Crippen LogP contribution in [0.2, 0.25) is 0 Å². The van der Waals surface area contributed by atoms with Crippen LogP contribution in [0.5, 0.6) is 0 Å². The molecule has 0 radical (unpaired) electrons. The van der Waals surface area contributed by atoms with E-state index >= 15 is 0 Å². The zero-order valence-corrected chi connectivity index (χ0v) is 11.4. The van der Waals surface area contributed by atoms with E-state index in [2.05, 4.69) is 21.2 Å². The molecule has 0 fully saturated rings. The predicted molar refractivity (Wildman–Crippen MR) is 68.9 cm³/mol. The first-order valence-electron chi connectivity index (χ1n) is 4.97. The van der Waals surface area contributed by atoms with Crippen LogP contribution in [0.15, 0.2) is 22.7 Å². The summed E-state index contributed by atoms with van der Waals surface area (Å²) in [6.07, 6.45) is 0. The zero-order valence-electron chi connectivity index (χ0n) is 9.78. The first kappa shape index (κ1) is 13.6. The molecule has 6 heteroatoms. The highest BCUT2D eigenvalue weighted by Gasteiger charge is 2.24. The summed E-state index contributed by atoms with van der Waals surface area (Å²) < 4.78 is 0.595. The van der Waals surface area contributed by atoms with E-state index in [0.29, 0.717) is 4.47 Å². The third-order valence-corrected chi connectivity index (χ3v) is 2.58. The molecule has 0 aliphatic rings. The van der Waals surface area contributed by atoms with Crippen molar-refractivity contribution in [2.45, 2.75) is 20.8 Å². The number of carbonyl (C=O) groups is 1. The molecule has 0 aliphatic carbocycles. The molecule has 0 unspecified atom stereocenters. The van der Waals surface area contributed by atoms with Crippen LogP contribution in [0.25, 0.3) is 0 Å². The molecular formula is C11H13BrN2O3. The van der Waals surface area contributed by atoms with Crippen LogP contribution >= 0.6 is 15.9 Å². The smallest absolute Gasteiger partial charge is 0.293 e. The van der Waals surface area contributed by atoms with E-state index in [1.165, 1.54) is 12.1 Å². The third-order valence-electron chi connectivity index (χ3n) is 2.09. The van der Waals surface area contributed by atoms with Gasteiger partial charge in [-0.05, 0) is 12.1 Å². The van der Waals surface area contributed by atoms with Gasteiger partial charge in [-0.1, -0.05) is 36.7 Å². The normalized spacial score (nSPS) is 11.1. The number of benzene rings is 1. The molecule has 1 aromatic carbocycles. The van der Waals surface area contributed by atoms with Crippen molar-refractivity contribution >= 4 is 33.2 Å². The molecule has 0 heterocycles. The van der Waals surface area contributed by atoms with Gasteiger partial charge in [-0.15, -0.1) is 0 Å². The predicted octanol–water partition coefficient (Wildman–Crippen LogP) is 3.34. The van der Waals surface area contributed by atoms with Crippen LogP contribution in [0, 0.1) is 15.5 Å². The number of hydrogen-bond acceptors (Lipinski definition) is 3. The van der Waals surface area contributed by atoms with Crippen LogP contribution < -0.4 is 5.32 Å². The van der Waals surface area contributed by atoms with Crippen molar-refractivity contribution in [2.75, 3.05) is 5.32 Å². The van der Waals surface area contributed by atoms with Gasteiger partial charge in [0.25, 0.3) is 5.69 Å². The lowest BCUT2D eigenvalue weighted by Gasteiger charge is -2.17. The summed E-state index contributed by atoms with van der Waals surface area (Å²) >= 11 is 3.15.